The Morgan fingerprint density at radius 3 is 2.80 bits per heavy atom. The molecule has 1 unspecified atom stereocenters. The summed E-state index contributed by atoms with van der Waals surface area (Å²) in [4.78, 5) is 23.9. The summed E-state index contributed by atoms with van der Waals surface area (Å²) in [5.74, 6) is -0.910. The minimum Gasteiger partial charge on any atom is -0.480 e. The van der Waals surface area contributed by atoms with Gasteiger partial charge in [0.1, 0.15) is 6.04 Å². The lowest BCUT2D eigenvalue weighted by atomic mass is 10.2. The van der Waals surface area contributed by atoms with E-state index in [0.717, 1.165) is 12.8 Å². The molecule has 1 heterocycles. The van der Waals surface area contributed by atoms with Crippen LogP contribution in [0.1, 0.15) is 33.1 Å². The normalized spacial score (nSPS) is 22.5. The number of hydrogen-bond acceptors (Lipinski definition) is 2. The Labute approximate surface area is 89.4 Å². The van der Waals surface area contributed by atoms with E-state index in [1.807, 2.05) is 13.8 Å². The molecule has 0 bridgehead atoms. The van der Waals surface area contributed by atoms with Gasteiger partial charge in [-0.25, -0.2) is 9.59 Å². The molecule has 1 saturated heterocycles. The van der Waals surface area contributed by atoms with Crippen molar-refractivity contribution in [2.75, 3.05) is 6.54 Å². The molecule has 1 aliphatic heterocycles. The van der Waals surface area contributed by atoms with Crippen LogP contribution in [0.2, 0.25) is 0 Å². The summed E-state index contributed by atoms with van der Waals surface area (Å²) < 4.78 is 0. The summed E-state index contributed by atoms with van der Waals surface area (Å²) in [6, 6.07) is -0.809. The molecule has 5 heteroatoms. The van der Waals surface area contributed by atoms with Gasteiger partial charge in [0.05, 0.1) is 0 Å². The average molecular weight is 214 g/mol. The van der Waals surface area contributed by atoms with E-state index in [-0.39, 0.29) is 12.1 Å². The van der Waals surface area contributed by atoms with Gasteiger partial charge in [-0.15, -0.1) is 0 Å². The third kappa shape index (κ3) is 2.84. The fraction of sp³-hybridized carbons (Fsp3) is 0.800. The van der Waals surface area contributed by atoms with Gasteiger partial charge in [-0.2, -0.15) is 0 Å². The predicted molar refractivity (Wildman–Crippen MR) is 55.6 cm³/mol. The maximum atomic E-state index is 11.7. The molecule has 0 aromatic heterocycles. The van der Waals surface area contributed by atoms with Crippen molar-refractivity contribution in [2.24, 2.45) is 0 Å². The second-order valence-corrected chi connectivity index (χ2v) is 3.95. The van der Waals surface area contributed by atoms with Gasteiger partial charge in [0.15, 0.2) is 0 Å². The zero-order chi connectivity index (χ0) is 11.4. The number of hydrogen-bond donors (Lipinski definition) is 2. The Balaban J connectivity index is 2.55. The highest BCUT2D eigenvalue weighted by Crippen LogP contribution is 2.17. The van der Waals surface area contributed by atoms with Crippen molar-refractivity contribution < 1.29 is 14.7 Å². The smallest absolute Gasteiger partial charge is 0.326 e. The van der Waals surface area contributed by atoms with Crippen molar-refractivity contribution in [3.05, 3.63) is 0 Å². The number of carbonyl (C=O) groups is 2. The van der Waals surface area contributed by atoms with Crippen molar-refractivity contribution in [3.63, 3.8) is 0 Å². The summed E-state index contributed by atoms with van der Waals surface area (Å²) in [7, 11) is 0. The summed E-state index contributed by atoms with van der Waals surface area (Å²) >= 11 is 0. The molecule has 0 aromatic rings. The third-order valence-corrected chi connectivity index (χ3v) is 2.78. The molecule has 0 aromatic carbocycles. The van der Waals surface area contributed by atoms with Crippen LogP contribution in [0.3, 0.4) is 0 Å². The van der Waals surface area contributed by atoms with Gasteiger partial charge in [0, 0.05) is 12.6 Å². The van der Waals surface area contributed by atoms with Crippen LogP contribution in [0.5, 0.6) is 0 Å². The monoisotopic (exact) mass is 214 g/mol. The van der Waals surface area contributed by atoms with Gasteiger partial charge in [-0.1, -0.05) is 6.92 Å². The highest BCUT2D eigenvalue weighted by molar-refractivity contribution is 5.83. The van der Waals surface area contributed by atoms with E-state index < -0.39 is 12.0 Å². The number of urea groups is 1. The maximum Gasteiger partial charge on any atom is 0.326 e. The number of rotatable bonds is 3. The number of carbonyl (C=O) groups excluding carboxylic acids is 1. The SMILES string of the molecule is CCC(C)NC(=O)N1CCC[C@H]1C(=O)O. The van der Waals surface area contributed by atoms with Crippen LogP contribution in [0.25, 0.3) is 0 Å². The molecule has 15 heavy (non-hydrogen) atoms. The molecular formula is C10H18N2O3. The molecule has 86 valence electrons. The van der Waals surface area contributed by atoms with E-state index in [2.05, 4.69) is 5.32 Å². The van der Waals surface area contributed by atoms with Gasteiger partial charge < -0.3 is 15.3 Å². The van der Waals surface area contributed by atoms with Gasteiger partial charge in [0.25, 0.3) is 0 Å². The molecule has 2 N–H and O–H groups in total. The summed E-state index contributed by atoms with van der Waals surface area (Å²) in [5, 5.41) is 11.7. The van der Waals surface area contributed by atoms with Crippen LogP contribution in [-0.2, 0) is 4.79 Å². The fourth-order valence-corrected chi connectivity index (χ4v) is 1.66. The molecule has 5 nitrogen and oxygen atoms in total. The Bertz CT molecular complexity index is 255. The first kappa shape index (κ1) is 11.8. The molecule has 2 atom stereocenters. The van der Waals surface area contributed by atoms with Crippen molar-refractivity contribution in [1.82, 2.24) is 10.2 Å². The number of aliphatic carboxylic acids is 1. The molecular weight excluding hydrogens is 196 g/mol. The molecule has 0 aliphatic carbocycles. The van der Waals surface area contributed by atoms with Gasteiger partial charge >= 0.3 is 12.0 Å². The van der Waals surface area contributed by atoms with E-state index in [1.54, 1.807) is 0 Å². The Morgan fingerprint density at radius 1 is 1.60 bits per heavy atom. The minimum atomic E-state index is -0.910. The van der Waals surface area contributed by atoms with Crippen LogP contribution in [-0.4, -0.2) is 40.6 Å². The van der Waals surface area contributed by atoms with Crippen molar-refractivity contribution >= 4 is 12.0 Å². The van der Waals surface area contributed by atoms with Crippen LogP contribution < -0.4 is 5.32 Å². The Morgan fingerprint density at radius 2 is 2.27 bits per heavy atom. The second-order valence-electron chi connectivity index (χ2n) is 3.95. The fourth-order valence-electron chi connectivity index (χ4n) is 1.66. The number of nitrogens with one attached hydrogen (secondary N) is 1. The molecule has 1 fully saturated rings. The van der Waals surface area contributed by atoms with Crippen molar-refractivity contribution in [1.29, 1.82) is 0 Å². The quantitative estimate of drug-likeness (QED) is 0.737. The Hall–Kier alpha value is -1.26. The molecule has 0 saturated carbocycles. The van der Waals surface area contributed by atoms with Gasteiger partial charge in [-0.05, 0) is 26.2 Å². The second kappa shape index (κ2) is 5.00. The molecule has 0 spiro atoms. The first-order valence-corrected chi connectivity index (χ1v) is 5.36. The largest absolute Gasteiger partial charge is 0.480 e. The van der Waals surface area contributed by atoms with E-state index in [9.17, 15) is 9.59 Å². The lowest BCUT2D eigenvalue weighted by Gasteiger charge is -2.23. The van der Waals surface area contributed by atoms with E-state index >= 15 is 0 Å². The molecule has 2 amide bonds. The zero-order valence-electron chi connectivity index (χ0n) is 9.19. The first-order chi connectivity index (χ1) is 7.06. The molecule has 1 rings (SSSR count). The lowest BCUT2D eigenvalue weighted by molar-refractivity contribution is -0.141. The average Bonchev–Trinajstić information content (AvgIpc) is 2.65. The van der Waals surface area contributed by atoms with E-state index in [0.29, 0.717) is 13.0 Å². The maximum absolute atomic E-state index is 11.7. The lowest BCUT2D eigenvalue weighted by Crippen LogP contribution is -2.48. The number of likely N-dealkylation sites (tertiary alicyclic amines) is 1. The molecule has 0 radical (unpaired) electrons. The van der Waals surface area contributed by atoms with Crippen molar-refractivity contribution in [2.45, 2.75) is 45.2 Å². The summed E-state index contributed by atoms with van der Waals surface area (Å²) in [5.41, 5.74) is 0. The van der Waals surface area contributed by atoms with Crippen LogP contribution >= 0.6 is 0 Å². The Kier molecular flexibility index (Phi) is 3.94. The van der Waals surface area contributed by atoms with Gasteiger partial charge in [-0.3, -0.25) is 0 Å². The summed E-state index contributed by atoms with van der Waals surface area (Å²) in [6.07, 6.45) is 2.17. The van der Waals surface area contributed by atoms with Gasteiger partial charge in [0.2, 0.25) is 0 Å². The van der Waals surface area contributed by atoms with E-state index in [1.165, 1.54) is 4.90 Å². The van der Waals surface area contributed by atoms with Crippen LogP contribution in [0.4, 0.5) is 4.79 Å². The first-order valence-electron chi connectivity index (χ1n) is 5.36. The predicted octanol–water partition coefficient (Wildman–Crippen LogP) is 1.04. The topological polar surface area (TPSA) is 69.6 Å². The van der Waals surface area contributed by atoms with Crippen molar-refractivity contribution in [3.8, 4) is 0 Å². The van der Waals surface area contributed by atoms with E-state index in [4.69, 9.17) is 5.11 Å². The standard InChI is InChI=1S/C10H18N2O3/c1-3-7(2)11-10(15)12-6-4-5-8(12)9(13)14/h7-8H,3-6H2,1-2H3,(H,11,15)(H,13,14)/t7?,8-/m0/s1. The molecule has 1 aliphatic rings. The number of nitrogens with zero attached hydrogens (tertiary/aromatic N) is 1. The zero-order valence-corrected chi connectivity index (χ0v) is 9.19. The number of carboxylic acids is 1. The number of amides is 2. The third-order valence-electron chi connectivity index (χ3n) is 2.78. The highest BCUT2D eigenvalue weighted by atomic mass is 16.4. The number of carboxylic acid groups (broad SMARTS) is 1. The summed E-state index contributed by atoms with van der Waals surface area (Å²) in [6.45, 7) is 4.42. The van der Waals surface area contributed by atoms with Crippen LogP contribution in [0, 0.1) is 0 Å². The minimum absolute atomic E-state index is 0.0903. The van der Waals surface area contributed by atoms with Crippen LogP contribution in [0.15, 0.2) is 0 Å². The highest BCUT2D eigenvalue weighted by Gasteiger charge is 2.34.